The van der Waals surface area contributed by atoms with Crippen LogP contribution in [0.3, 0.4) is 0 Å². The van der Waals surface area contributed by atoms with Gasteiger partial charge in [0.1, 0.15) is 12.4 Å². The molecule has 0 radical (unpaired) electrons. The topological polar surface area (TPSA) is 48.1 Å². The molecule has 3 aromatic rings. The molecule has 2 N–H and O–H groups in total. The molecule has 2 aromatic carbocycles. The van der Waals surface area contributed by atoms with Gasteiger partial charge in [0.05, 0.1) is 5.69 Å². The number of nitrogens with zero attached hydrogens (tertiary/aromatic N) is 1. The van der Waals surface area contributed by atoms with Crippen molar-refractivity contribution in [1.82, 2.24) is 4.98 Å². The van der Waals surface area contributed by atoms with Crippen LogP contribution in [-0.2, 0) is 13.2 Å². The second kappa shape index (κ2) is 6.24. The van der Waals surface area contributed by atoms with Crippen LogP contribution < -0.4 is 10.5 Å². The maximum Gasteiger partial charge on any atom is 0.130 e. The number of pyridine rings is 1. The van der Waals surface area contributed by atoms with Crippen LogP contribution in [0.15, 0.2) is 59.2 Å². The molecule has 0 aliphatic rings. The van der Waals surface area contributed by atoms with Crippen LogP contribution in [-0.4, -0.2) is 4.98 Å². The van der Waals surface area contributed by atoms with Gasteiger partial charge < -0.3 is 10.5 Å². The molecule has 4 heteroatoms. The first-order valence-electron chi connectivity index (χ1n) is 6.70. The minimum Gasteiger partial charge on any atom is -0.487 e. The molecule has 3 rings (SSSR count). The van der Waals surface area contributed by atoms with Gasteiger partial charge in [-0.1, -0.05) is 34.1 Å². The molecule has 0 spiro atoms. The number of hydrogen-bond acceptors (Lipinski definition) is 3. The van der Waals surface area contributed by atoms with Crippen molar-refractivity contribution in [2.24, 2.45) is 5.73 Å². The minimum absolute atomic E-state index is 0.451. The molecule has 0 saturated carbocycles. The summed E-state index contributed by atoms with van der Waals surface area (Å²) in [6.45, 7) is 0.960. The van der Waals surface area contributed by atoms with Gasteiger partial charge in [0.15, 0.2) is 0 Å². The summed E-state index contributed by atoms with van der Waals surface area (Å²) in [5.41, 5.74) is 7.47. The molecular weight excluding hydrogens is 328 g/mol. The van der Waals surface area contributed by atoms with Crippen molar-refractivity contribution >= 4 is 26.7 Å². The molecule has 0 bridgehead atoms. The van der Waals surface area contributed by atoms with Gasteiger partial charge in [0.25, 0.3) is 0 Å². The van der Waals surface area contributed by atoms with Crippen LogP contribution in [0.2, 0.25) is 0 Å². The average molecular weight is 343 g/mol. The van der Waals surface area contributed by atoms with Gasteiger partial charge in [-0.2, -0.15) is 0 Å². The van der Waals surface area contributed by atoms with Gasteiger partial charge in [-0.05, 0) is 46.7 Å². The number of nitrogens with two attached hydrogens (primary N) is 1. The number of hydrogen-bond donors (Lipinski definition) is 1. The van der Waals surface area contributed by atoms with Crippen LogP contribution in [0.5, 0.6) is 5.75 Å². The van der Waals surface area contributed by atoms with E-state index in [0.29, 0.717) is 13.2 Å². The zero-order chi connectivity index (χ0) is 14.7. The fourth-order valence-corrected chi connectivity index (χ4v) is 2.48. The first-order chi connectivity index (χ1) is 10.2. The molecule has 106 valence electrons. The normalized spacial score (nSPS) is 10.8. The van der Waals surface area contributed by atoms with Gasteiger partial charge in [-0.15, -0.1) is 0 Å². The quantitative estimate of drug-likeness (QED) is 0.778. The Kier molecular flexibility index (Phi) is 4.18. The molecule has 21 heavy (non-hydrogen) atoms. The zero-order valence-electron chi connectivity index (χ0n) is 11.4. The Balaban J connectivity index is 1.73. The molecule has 1 aromatic heterocycles. The third kappa shape index (κ3) is 3.40. The van der Waals surface area contributed by atoms with Crippen molar-refractivity contribution in [1.29, 1.82) is 0 Å². The van der Waals surface area contributed by atoms with E-state index in [1.807, 2.05) is 30.3 Å². The Morgan fingerprint density at radius 2 is 1.81 bits per heavy atom. The van der Waals surface area contributed by atoms with Crippen molar-refractivity contribution in [3.8, 4) is 5.75 Å². The summed E-state index contributed by atoms with van der Waals surface area (Å²) in [6, 6.07) is 16.2. The fourth-order valence-electron chi connectivity index (χ4n) is 2.10. The summed E-state index contributed by atoms with van der Waals surface area (Å²) in [5, 5.41) is 2.34. The van der Waals surface area contributed by atoms with Crippen molar-refractivity contribution in [2.45, 2.75) is 13.2 Å². The lowest BCUT2D eigenvalue weighted by molar-refractivity contribution is 0.301. The second-order valence-electron chi connectivity index (χ2n) is 4.80. The Morgan fingerprint density at radius 3 is 2.57 bits per heavy atom. The van der Waals surface area contributed by atoms with E-state index >= 15 is 0 Å². The summed E-state index contributed by atoms with van der Waals surface area (Å²) in [4.78, 5) is 4.33. The minimum atomic E-state index is 0.451. The highest BCUT2D eigenvalue weighted by Crippen LogP contribution is 2.24. The molecule has 0 atom stereocenters. The van der Waals surface area contributed by atoms with Crippen molar-refractivity contribution in [3.05, 3.63) is 70.5 Å². The highest BCUT2D eigenvalue weighted by Gasteiger charge is 2.00. The van der Waals surface area contributed by atoms with Crippen LogP contribution in [0.4, 0.5) is 0 Å². The lowest BCUT2D eigenvalue weighted by atomic mass is 10.1. The van der Waals surface area contributed by atoms with Crippen LogP contribution in [0.25, 0.3) is 10.8 Å². The van der Waals surface area contributed by atoms with E-state index in [4.69, 9.17) is 10.5 Å². The van der Waals surface area contributed by atoms with Gasteiger partial charge >= 0.3 is 0 Å². The SMILES string of the molecule is NCc1ccc(COc2ccc3cc(Br)ccc3c2)nc1. The maximum absolute atomic E-state index is 5.80. The largest absolute Gasteiger partial charge is 0.487 e. The van der Waals surface area contributed by atoms with E-state index in [2.05, 4.69) is 39.1 Å². The van der Waals surface area contributed by atoms with E-state index in [9.17, 15) is 0 Å². The molecule has 3 nitrogen and oxygen atoms in total. The molecule has 0 unspecified atom stereocenters. The van der Waals surface area contributed by atoms with Gasteiger partial charge in [0, 0.05) is 17.2 Å². The number of halogens is 1. The molecule has 0 aliphatic carbocycles. The van der Waals surface area contributed by atoms with Crippen LogP contribution >= 0.6 is 15.9 Å². The number of fused-ring (bicyclic) bond motifs is 1. The highest BCUT2D eigenvalue weighted by atomic mass is 79.9. The third-order valence-electron chi connectivity index (χ3n) is 3.28. The monoisotopic (exact) mass is 342 g/mol. The molecule has 0 fully saturated rings. The molecule has 0 saturated heterocycles. The summed E-state index contributed by atoms with van der Waals surface area (Å²) >= 11 is 3.48. The second-order valence-corrected chi connectivity index (χ2v) is 5.72. The predicted molar refractivity (Wildman–Crippen MR) is 88.1 cm³/mol. The third-order valence-corrected chi connectivity index (χ3v) is 3.78. The van der Waals surface area contributed by atoms with E-state index in [0.717, 1.165) is 26.9 Å². The number of rotatable bonds is 4. The van der Waals surface area contributed by atoms with Crippen molar-refractivity contribution in [2.75, 3.05) is 0 Å². The van der Waals surface area contributed by atoms with E-state index < -0.39 is 0 Å². The zero-order valence-corrected chi connectivity index (χ0v) is 13.0. The van der Waals surface area contributed by atoms with E-state index in [1.165, 1.54) is 5.39 Å². The summed E-state index contributed by atoms with van der Waals surface area (Å²) < 4.78 is 6.88. The number of ether oxygens (including phenoxy) is 1. The maximum atomic E-state index is 5.80. The first-order valence-corrected chi connectivity index (χ1v) is 7.50. The van der Waals surface area contributed by atoms with E-state index in [1.54, 1.807) is 6.20 Å². The molecule has 1 heterocycles. The van der Waals surface area contributed by atoms with Crippen molar-refractivity contribution < 1.29 is 4.74 Å². The smallest absolute Gasteiger partial charge is 0.130 e. The van der Waals surface area contributed by atoms with Crippen LogP contribution in [0.1, 0.15) is 11.3 Å². The Bertz CT molecular complexity index is 756. The molecular formula is C17H15BrN2O. The Labute approximate surface area is 131 Å². The van der Waals surface area contributed by atoms with Crippen LogP contribution in [0, 0.1) is 0 Å². The Morgan fingerprint density at radius 1 is 1.00 bits per heavy atom. The Hall–Kier alpha value is -1.91. The van der Waals surface area contributed by atoms with Gasteiger partial charge in [0.2, 0.25) is 0 Å². The average Bonchev–Trinajstić information content (AvgIpc) is 2.53. The standard InChI is InChI=1S/C17H15BrN2O/c18-15-4-2-14-8-17(6-3-13(14)7-15)21-11-16-5-1-12(9-19)10-20-16/h1-8,10H,9,11,19H2. The molecule has 0 amide bonds. The van der Waals surface area contributed by atoms with E-state index in [-0.39, 0.29) is 0 Å². The predicted octanol–water partition coefficient (Wildman–Crippen LogP) is 4.04. The summed E-state index contributed by atoms with van der Waals surface area (Å²) in [5.74, 6) is 0.842. The number of benzene rings is 2. The summed E-state index contributed by atoms with van der Waals surface area (Å²) in [7, 11) is 0. The lowest BCUT2D eigenvalue weighted by Gasteiger charge is -2.07. The van der Waals surface area contributed by atoms with Gasteiger partial charge in [-0.25, -0.2) is 0 Å². The van der Waals surface area contributed by atoms with Gasteiger partial charge in [-0.3, -0.25) is 4.98 Å². The lowest BCUT2D eigenvalue weighted by Crippen LogP contribution is -2.01. The summed E-state index contributed by atoms with van der Waals surface area (Å²) in [6.07, 6.45) is 1.79. The fraction of sp³-hybridized carbons (Fsp3) is 0.118. The van der Waals surface area contributed by atoms with Crippen molar-refractivity contribution in [3.63, 3.8) is 0 Å². The first kappa shape index (κ1) is 14.0. The number of aromatic nitrogens is 1. The molecule has 0 aliphatic heterocycles. The highest BCUT2D eigenvalue weighted by molar-refractivity contribution is 9.10.